The van der Waals surface area contributed by atoms with Gasteiger partial charge in [-0.2, -0.15) is 0 Å². The predicted molar refractivity (Wildman–Crippen MR) is 164 cm³/mol. The van der Waals surface area contributed by atoms with E-state index in [9.17, 15) is 5.11 Å². The molecule has 0 radical (unpaired) electrons. The minimum Gasteiger partial charge on any atom is -0.506 e. The monoisotopic (exact) mass is 621 g/mol. The van der Waals surface area contributed by atoms with E-state index in [0.717, 1.165) is 49.4 Å². The summed E-state index contributed by atoms with van der Waals surface area (Å²) in [6, 6.07) is 11.8. The van der Waals surface area contributed by atoms with Gasteiger partial charge in [0.15, 0.2) is 0 Å². The Morgan fingerprint density at radius 1 is 0.972 bits per heavy atom. The summed E-state index contributed by atoms with van der Waals surface area (Å²) in [7, 11) is 3.99. The van der Waals surface area contributed by atoms with Crippen molar-refractivity contribution >= 4 is 48.6 Å². The van der Waals surface area contributed by atoms with E-state index >= 15 is 0 Å². The molecule has 0 bridgehead atoms. The molecule has 0 aliphatic heterocycles. The van der Waals surface area contributed by atoms with Gasteiger partial charge < -0.3 is 10.0 Å². The van der Waals surface area contributed by atoms with Crippen molar-refractivity contribution in [2.24, 2.45) is 5.92 Å². The van der Waals surface area contributed by atoms with Crippen molar-refractivity contribution in [2.45, 2.75) is 86.0 Å². The first-order valence-electron chi connectivity index (χ1n) is 13.3. The third-order valence-corrected chi connectivity index (χ3v) is 7.09. The quantitative estimate of drug-likeness (QED) is 0.314. The van der Waals surface area contributed by atoms with Crippen LogP contribution in [0.3, 0.4) is 0 Å². The summed E-state index contributed by atoms with van der Waals surface area (Å²) in [5.41, 5.74) is 1.95. The fraction of sp³-hybridized carbons (Fsp3) is 0.533. The zero-order valence-electron chi connectivity index (χ0n) is 23.2. The van der Waals surface area contributed by atoms with E-state index in [-0.39, 0.29) is 0 Å². The van der Waals surface area contributed by atoms with Gasteiger partial charge >= 0.3 is 0 Å². The first kappa shape index (κ1) is 32.4. The van der Waals surface area contributed by atoms with E-state index < -0.39 is 0 Å². The van der Waals surface area contributed by atoms with Gasteiger partial charge in [-0.3, -0.25) is 0 Å². The number of aromatic nitrogens is 2. The molecule has 0 unspecified atom stereocenters. The second-order valence-electron chi connectivity index (χ2n) is 9.05. The van der Waals surface area contributed by atoms with Crippen LogP contribution in [0, 0.1) is 12.8 Å². The number of aromatic hydroxyl groups is 1. The molecule has 36 heavy (non-hydrogen) atoms. The van der Waals surface area contributed by atoms with Gasteiger partial charge in [-0.15, -0.1) is 0 Å². The number of anilines is 1. The predicted octanol–water partition coefficient (Wildman–Crippen LogP) is 9.88. The molecule has 1 heterocycles. The Hall–Kier alpha value is -1.66. The van der Waals surface area contributed by atoms with Crippen molar-refractivity contribution in [1.82, 2.24) is 9.97 Å². The summed E-state index contributed by atoms with van der Waals surface area (Å²) in [6.45, 7) is 10.2. The van der Waals surface area contributed by atoms with Crippen LogP contribution in [0.15, 0.2) is 45.3 Å². The van der Waals surface area contributed by atoms with Crippen molar-refractivity contribution in [3.8, 4) is 5.75 Å². The van der Waals surface area contributed by atoms with Crippen LogP contribution in [0.4, 0.5) is 5.82 Å². The topological polar surface area (TPSA) is 49.3 Å². The molecule has 6 heteroatoms. The van der Waals surface area contributed by atoms with Gasteiger partial charge in [-0.25, -0.2) is 9.97 Å². The molecule has 4 rings (SSSR count). The number of aryl methyl sites for hydroxylation is 2. The molecule has 1 aliphatic carbocycles. The Labute approximate surface area is 236 Å². The van der Waals surface area contributed by atoms with Crippen LogP contribution >= 0.6 is 31.9 Å². The highest BCUT2D eigenvalue weighted by Crippen LogP contribution is 2.31. The maximum atomic E-state index is 9.45. The van der Waals surface area contributed by atoms with E-state index in [2.05, 4.69) is 48.8 Å². The van der Waals surface area contributed by atoms with Crippen LogP contribution in [0.1, 0.15) is 84.0 Å². The Morgan fingerprint density at radius 2 is 1.61 bits per heavy atom. The van der Waals surface area contributed by atoms with Gasteiger partial charge in [-0.1, -0.05) is 101 Å². The minimum atomic E-state index is 0.343. The number of rotatable bonds is 4. The lowest BCUT2D eigenvalue weighted by atomic mass is 9.86. The van der Waals surface area contributed by atoms with Crippen LogP contribution in [-0.2, 0) is 6.42 Å². The molecule has 0 amide bonds. The molecule has 0 spiro atoms. The second kappa shape index (κ2) is 17.7. The maximum absolute atomic E-state index is 9.45. The molecule has 2 aromatic carbocycles. The van der Waals surface area contributed by atoms with Crippen LogP contribution < -0.4 is 4.90 Å². The van der Waals surface area contributed by atoms with Crippen LogP contribution in [0.5, 0.6) is 5.75 Å². The van der Waals surface area contributed by atoms with Gasteiger partial charge in [0.2, 0.25) is 0 Å². The molecule has 1 fully saturated rings. The number of benzene rings is 2. The number of phenolic OH excluding ortho intramolecular Hbond substituents is 1. The van der Waals surface area contributed by atoms with E-state index in [0.29, 0.717) is 5.75 Å². The summed E-state index contributed by atoms with van der Waals surface area (Å²) in [5, 5.41) is 10.6. The highest BCUT2D eigenvalue weighted by atomic mass is 79.9. The molecular weight excluding hydrogens is 578 g/mol. The number of hydrogen-bond acceptors (Lipinski definition) is 4. The SMILES string of the molecule is CC.CCCC1CCCCC1.CCc1cc(Br)cc(Br)c1O.Cc1nc(N(C)C)c2ccccc2n1. The standard InChI is InChI=1S/C11H13N3.C9H18.C8H8Br2O.C2H6/c1-8-12-10-7-5-4-6-9(10)11(13-8)14(2)3;1-2-6-9-7-4-3-5-8-9;1-2-5-3-6(9)4-7(10)8(5)11;1-2/h4-7H,1-3H3;9H,2-8H2,1H3;3-4,11H,2H2,1H3;1-2H3. The minimum absolute atomic E-state index is 0.343. The number of hydrogen-bond donors (Lipinski definition) is 1. The van der Waals surface area contributed by atoms with Crippen molar-refractivity contribution in [2.75, 3.05) is 19.0 Å². The zero-order valence-corrected chi connectivity index (χ0v) is 26.4. The fourth-order valence-corrected chi connectivity index (χ4v) is 5.60. The molecule has 0 atom stereocenters. The summed E-state index contributed by atoms with van der Waals surface area (Å²) in [4.78, 5) is 10.8. The average Bonchev–Trinajstić information content (AvgIpc) is 2.88. The molecule has 1 aliphatic rings. The summed E-state index contributed by atoms with van der Waals surface area (Å²) in [5.74, 6) is 3.24. The van der Waals surface area contributed by atoms with Crippen LogP contribution in [0.2, 0.25) is 0 Å². The molecule has 4 nitrogen and oxygen atoms in total. The lowest BCUT2D eigenvalue weighted by molar-refractivity contribution is 0.336. The summed E-state index contributed by atoms with van der Waals surface area (Å²) >= 11 is 6.60. The highest BCUT2D eigenvalue weighted by Gasteiger charge is 2.11. The highest BCUT2D eigenvalue weighted by molar-refractivity contribution is 9.11. The molecule has 200 valence electrons. The lowest BCUT2D eigenvalue weighted by Gasteiger charge is -2.20. The molecule has 1 saturated carbocycles. The molecule has 0 saturated heterocycles. The van der Waals surface area contributed by atoms with Crippen molar-refractivity contribution in [3.05, 3.63) is 56.7 Å². The fourth-order valence-electron chi connectivity index (χ4n) is 4.29. The van der Waals surface area contributed by atoms with Gasteiger partial charge in [0.05, 0.1) is 9.99 Å². The number of phenols is 1. The molecular formula is C30H45Br2N3O. The molecule has 3 aromatic rings. The Bertz CT molecular complexity index is 1030. The third-order valence-electron chi connectivity index (χ3n) is 6.03. The second-order valence-corrected chi connectivity index (χ2v) is 10.8. The summed E-state index contributed by atoms with van der Waals surface area (Å²) in [6.07, 6.45) is 11.3. The van der Waals surface area contributed by atoms with Gasteiger partial charge in [-0.05, 0) is 65.0 Å². The van der Waals surface area contributed by atoms with Gasteiger partial charge in [0, 0.05) is 24.0 Å². The van der Waals surface area contributed by atoms with E-state index in [1.54, 1.807) is 0 Å². The largest absolute Gasteiger partial charge is 0.506 e. The smallest absolute Gasteiger partial charge is 0.139 e. The van der Waals surface area contributed by atoms with E-state index in [4.69, 9.17) is 0 Å². The van der Waals surface area contributed by atoms with Crippen LogP contribution in [-0.4, -0.2) is 29.2 Å². The Balaban J connectivity index is 0.000000267. The van der Waals surface area contributed by atoms with Crippen LogP contribution in [0.25, 0.3) is 10.9 Å². The Kier molecular flexibility index (Phi) is 15.9. The molecule has 1 aromatic heterocycles. The maximum Gasteiger partial charge on any atom is 0.139 e. The first-order chi connectivity index (χ1) is 17.3. The van der Waals surface area contributed by atoms with E-state index in [1.165, 1.54) is 44.9 Å². The third kappa shape index (κ3) is 10.8. The first-order valence-corrected chi connectivity index (χ1v) is 14.9. The Morgan fingerprint density at radius 3 is 2.19 bits per heavy atom. The summed E-state index contributed by atoms with van der Waals surface area (Å²) < 4.78 is 1.72. The normalized spacial score (nSPS) is 12.9. The molecule has 1 N–H and O–H groups in total. The van der Waals surface area contributed by atoms with Crippen molar-refractivity contribution in [3.63, 3.8) is 0 Å². The van der Waals surface area contributed by atoms with Crippen molar-refractivity contribution < 1.29 is 5.11 Å². The van der Waals surface area contributed by atoms with Crippen molar-refractivity contribution in [1.29, 1.82) is 0 Å². The van der Waals surface area contributed by atoms with Gasteiger partial charge in [0.1, 0.15) is 17.4 Å². The number of para-hydroxylation sites is 1. The number of nitrogens with zero attached hydrogens (tertiary/aromatic N) is 3. The van der Waals surface area contributed by atoms with Gasteiger partial charge in [0.25, 0.3) is 0 Å². The number of halogens is 2. The average molecular weight is 624 g/mol. The zero-order chi connectivity index (χ0) is 27.1. The lowest BCUT2D eigenvalue weighted by Crippen LogP contribution is -2.12. The number of fused-ring (bicyclic) bond motifs is 1. The van der Waals surface area contributed by atoms with E-state index in [1.807, 2.05) is 83.1 Å².